The molecule has 1 unspecified atom stereocenters. The van der Waals surface area contributed by atoms with Crippen LogP contribution in [-0.4, -0.2) is 30.9 Å². The summed E-state index contributed by atoms with van der Waals surface area (Å²) in [6, 6.07) is 5.65. The smallest absolute Gasteiger partial charge is 0.407 e. The fraction of sp³-hybridized carbons (Fsp3) is 0.533. The third-order valence-electron chi connectivity index (χ3n) is 3.02. The summed E-state index contributed by atoms with van der Waals surface area (Å²) < 4.78 is 10.8. The van der Waals surface area contributed by atoms with Crippen LogP contribution in [0.5, 0.6) is 5.75 Å². The summed E-state index contributed by atoms with van der Waals surface area (Å²) in [6.07, 6.45) is -0.686. The molecule has 2 N–H and O–H groups in total. The minimum Gasteiger partial charge on any atom is -0.488 e. The normalized spacial score (nSPS) is 18.3. The molecule has 5 nitrogen and oxygen atoms in total. The predicted octanol–water partition coefficient (Wildman–Crippen LogP) is 2.72. The van der Waals surface area contributed by atoms with Gasteiger partial charge in [-0.05, 0) is 26.8 Å². The number of cyclic esters (lactones) is 1. The molecule has 1 aromatic carbocycles. The van der Waals surface area contributed by atoms with Crippen LogP contribution in [0.25, 0.3) is 0 Å². The lowest BCUT2D eigenvalue weighted by Gasteiger charge is -2.22. The van der Waals surface area contributed by atoms with Crippen LogP contribution in [-0.2, 0) is 11.3 Å². The molecule has 1 aliphatic rings. The number of nitrogens with one attached hydrogen (secondary N) is 2. The van der Waals surface area contributed by atoms with Crippen LogP contribution in [0, 0.1) is 0 Å². The number of alkyl carbamates (subject to hydrolysis) is 1. The molecule has 1 atom stereocenters. The van der Waals surface area contributed by atoms with Crippen molar-refractivity contribution in [3.05, 3.63) is 28.8 Å². The molecular formula is C15H21ClN2O3. The van der Waals surface area contributed by atoms with Crippen LogP contribution in [0.15, 0.2) is 18.2 Å². The van der Waals surface area contributed by atoms with Gasteiger partial charge in [-0.1, -0.05) is 23.7 Å². The fourth-order valence-corrected chi connectivity index (χ4v) is 2.16. The molecule has 1 saturated heterocycles. The number of rotatable bonds is 5. The van der Waals surface area contributed by atoms with E-state index < -0.39 is 6.09 Å². The molecule has 1 aliphatic heterocycles. The van der Waals surface area contributed by atoms with Crippen LogP contribution >= 0.6 is 11.6 Å². The van der Waals surface area contributed by atoms with Gasteiger partial charge in [0, 0.05) is 17.6 Å². The fourth-order valence-electron chi connectivity index (χ4n) is 1.92. The van der Waals surface area contributed by atoms with E-state index in [4.69, 9.17) is 21.1 Å². The van der Waals surface area contributed by atoms with Crippen molar-refractivity contribution in [2.75, 3.05) is 13.2 Å². The molecule has 0 saturated carbocycles. The highest BCUT2D eigenvalue weighted by Gasteiger charge is 2.24. The SMILES string of the molecule is CC(C)(C)NCc1cccc(Cl)c1OCC1CNC(=O)O1. The zero-order valence-electron chi connectivity index (χ0n) is 12.5. The second-order valence-corrected chi connectivity index (χ2v) is 6.46. The Morgan fingerprint density at radius 3 is 2.86 bits per heavy atom. The maximum Gasteiger partial charge on any atom is 0.407 e. The minimum atomic E-state index is -0.405. The van der Waals surface area contributed by atoms with E-state index in [0.717, 1.165) is 5.56 Å². The standard InChI is InChI=1S/C15H21ClN2O3/c1-15(2,3)18-7-10-5-4-6-12(16)13(10)20-9-11-8-17-14(19)21-11/h4-6,11,18H,7-9H2,1-3H3,(H,17,19). The van der Waals surface area contributed by atoms with E-state index in [1.165, 1.54) is 0 Å². The maximum atomic E-state index is 11.0. The van der Waals surface area contributed by atoms with Gasteiger partial charge in [0.2, 0.25) is 0 Å². The number of carbonyl (C=O) groups is 1. The molecule has 21 heavy (non-hydrogen) atoms. The summed E-state index contributed by atoms with van der Waals surface area (Å²) >= 11 is 6.22. The average Bonchev–Trinajstić information content (AvgIpc) is 2.80. The third kappa shape index (κ3) is 4.79. The Morgan fingerprint density at radius 2 is 2.24 bits per heavy atom. The Kier molecular flexibility index (Phi) is 4.96. The number of carbonyl (C=O) groups excluding carboxylic acids is 1. The van der Waals surface area contributed by atoms with E-state index in [1.54, 1.807) is 6.07 Å². The highest BCUT2D eigenvalue weighted by atomic mass is 35.5. The molecule has 1 aromatic rings. The molecule has 1 heterocycles. The summed E-state index contributed by atoms with van der Waals surface area (Å²) in [5, 5.41) is 6.55. The van der Waals surface area contributed by atoms with Crippen molar-refractivity contribution in [3.8, 4) is 5.75 Å². The van der Waals surface area contributed by atoms with Crippen LogP contribution in [0.3, 0.4) is 0 Å². The van der Waals surface area contributed by atoms with E-state index >= 15 is 0 Å². The number of halogens is 1. The van der Waals surface area contributed by atoms with Crippen LogP contribution in [0.1, 0.15) is 26.3 Å². The Bertz CT molecular complexity index is 514. The Labute approximate surface area is 130 Å². The lowest BCUT2D eigenvalue weighted by Crippen LogP contribution is -2.35. The topological polar surface area (TPSA) is 59.6 Å². The summed E-state index contributed by atoms with van der Waals surface area (Å²) in [5.74, 6) is 0.638. The van der Waals surface area contributed by atoms with Crippen molar-refractivity contribution in [3.63, 3.8) is 0 Å². The summed E-state index contributed by atoms with van der Waals surface area (Å²) in [6.45, 7) is 7.69. The molecule has 0 spiro atoms. The highest BCUT2D eigenvalue weighted by Crippen LogP contribution is 2.29. The lowest BCUT2D eigenvalue weighted by atomic mass is 10.1. The summed E-state index contributed by atoms with van der Waals surface area (Å²) in [7, 11) is 0. The largest absolute Gasteiger partial charge is 0.488 e. The second kappa shape index (κ2) is 6.54. The average molecular weight is 313 g/mol. The molecule has 1 amide bonds. The zero-order valence-corrected chi connectivity index (χ0v) is 13.3. The second-order valence-electron chi connectivity index (χ2n) is 6.05. The van der Waals surface area contributed by atoms with E-state index in [-0.39, 0.29) is 18.2 Å². The van der Waals surface area contributed by atoms with Crippen molar-refractivity contribution in [2.24, 2.45) is 0 Å². The molecule has 6 heteroatoms. The van der Waals surface area contributed by atoms with Crippen LogP contribution in [0.2, 0.25) is 5.02 Å². The first-order valence-electron chi connectivity index (χ1n) is 6.95. The molecule has 2 rings (SSSR count). The highest BCUT2D eigenvalue weighted by molar-refractivity contribution is 6.32. The van der Waals surface area contributed by atoms with Crippen molar-refractivity contribution in [2.45, 2.75) is 39.0 Å². The first kappa shape index (κ1) is 15.9. The van der Waals surface area contributed by atoms with E-state index in [0.29, 0.717) is 23.9 Å². The van der Waals surface area contributed by atoms with Gasteiger partial charge in [-0.3, -0.25) is 0 Å². The van der Waals surface area contributed by atoms with E-state index in [1.807, 2.05) is 12.1 Å². The van der Waals surface area contributed by atoms with Gasteiger partial charge in [0.05, 0.1) is 11.6 Å². The number of ether oxygens (including phenoxy) is 2. The van der Waals surface area contributed by atoms with Crippen molar-refractivity contribution in [1.29, 1.82) is 0 Å². The van der Waals surface area contributed by atoms with Gasteiger partial charge in [-0.2, -0.15) is 0 Å². The maximum absolute atomic E-state index is 11.0. The Morgan fingerprint density at radius 1 is 1.48 bits per heavy atom. The molecule has 0 aliphatic carbocycles. The van der Waals surface area contributed by atoms with Crippen LogP contribution < -0.4 is 15.4 Å². The van der Waals surface area contributed by atoms with Crippen molar-refractivity contribution < 1.29 is 14.3 Å². The minimum absolute atomic E-state index is 0.00445. The van der Waals surface area contributed by atoms with Gasteiger partial charge in [0.15, 0.2) is 6.10 Å². The van der Waals surface area contributed by atoms with Gasteiger partial charge in [0.25, 0.3) is 0 Å². The number of amides is 1. The Balaban J connectivity index is 2.01. The number of hydrogen-bond donors (Lipinski definition) is 2. The first-order chi connectivity index (χ1) is 9.85. The number of benzene rings is 1. The van der Waals surface area contributed by atoms with E-state index in [9.17, 15) is 4.79 Å². The molecule has 1 fully saturated rings. The molecule has 0 aromatic heterocycles. The van der Waals surface area contributed by atoms with Gasteiger partial charge in [-0.15, -0.1) is 0 Å². The van der Waals surface area contributed by atoms with Crippen LogP contribution in [0.4, 0.5) is 4.79 Å². The quantitative estimate of drug-likeness (QED) is 0.877. The zero-order chi connectivity index (χ0) is 15.5. The number of hydrogen-bond acceptors (Lipinski definition) is 4. The van der Waals surface area contributed by atoms with Gasteiger partial charge in [-0.25, -0.2) is 4.79 Å². The summed E-state index contributed by atoms with van der Waals surface area (Å²) in [4.78, 5) is 11.0. The van der Waals surface area contributed by atoms with Gasteiger partial charge < -0.3 is 20.1 Å². The molecule has 0 radical (unpaired) electrons. The first-order valence-corrected chi connectivity index (χ1v) is 7.32. The molecule has 116 valence electrons. The van der Waals surface area contributed by atoms with Gasteiger partial charge in [0.1, 0.15) is 12.4 Å². The molecule has 0 bridgehead atoms. The lowest BCUT2D eigenvalue weighted by molar-refractivity contribution is 0.104. The Hall–Kier alpha value is -1.46. The monoisotopic (exact) mass is 312 g/mol. The number of para-hydroxylation sites is 1. The predicted molar refractivity (Wildman–Crippen MR) is 81.8 cm³/mol. The molecular weight excluding hydrogens is 292 g/mol. The third-order valence-corrected chi connectivity index (χ3v) is 3.32. The van der Waals surface area contributed by atoms with Crippen molar-refractivity contribution >= 4 is 17.7 Å². The summed E-state index contributed by atoms with van der Waals surface area (Å²) in [5.41, 5.74) is 0.986. The van der Waals surface area contributed by atoms with E-state index in [2.05, 4.69) is 31.4 Å². The van der Waals surface area contributed by atoms with Gasteiger partial charge >= 0.3 is 6.09 Å². The van der Waals surface area contributed by atoms with Crippen molar-refractivity contribution in [1.82, 2.24) is 10.6 Å².